The zero-order valence-corrected chi connectivity index (χ0v) is 10.3. The Kier molecular flexibility index (Phi) is 6.53. The molecule has 5 nitrogen and oxygen atoms in total. The summed E-state index contributed by atoms with van der Waals surface area (Å²) < 4.78 is 0. The molecule has 3 N–H and O–H groups in total. The molecule has 2 amide bonds. The molecule has 0 saturated heterocycles. The van der Waals surface area contributed by atoms with Crippen LogP contribution in [0.25, 0.3) is 0 Å². The van der Waals surface area contributed by atoms with Gasteiger partial charge in [-0.1, -0.05) is 13.8 Å². The maximum Gasteiger partial charge on any atom is 0.314 e. The van der Waals surface area contributed by atoms with Gasteiger partial charge >= 0.3 is 12.0 Å². The Morgan fingerprint density at radius 2 is 1.81 bits per heavy atom. The zero-order chi connectivity index (χ0) is 12.6. The van der Waals surface area contributed by atoms with E-state index in [0.717, 1.165) is 6.42 Å². The van der Waals surface area contributed by atoms with Crippen LogP contribution in [0.4, 0.5) is 4.79 Å². The SMILES string of the molecule is CCNC(=O)NCCC(C)(C)CCC(=O)O. The van der Waals surface area contributed by atoms with Crippen LogP contribution in [0, 0.1) is 5.41 Å². The molecule has 0 fully saturated rings. The first-order valence-corrected chi connectivity index (χ1v) is 5.61. The fraction of sp³-hybridized carbons (Fsp3) is 0.818. The second-order valence-electron chi connectivity index (χ2n) is 4.59. The predicted molar refractivity (Wildman–Crippen MR) is 62.3 cm³/mol. The van der Waals surface area contributed by atoms with Gasteiger partial charge in [0.1, 0.15) is 0 Å². The quantitative estimate of drug-likeness (QED) is 0.621. The molecule has 0 rings (SSSR count). The van der Waals surface area contributed by atoms with E-state index in [0.29, 0.717) is 19.5 Å². The van der Waals surface area contributed by atoms with Gasteiger partial charge in [0, 0.05) is 19.5 Å². The predicted octanol–water partition coefficient (Wildman–Crippen LogP) is 1.59. The molecule has 5 heteroatoms. The summed E-state index contributed by atoms with van der Waals surface area (Å²) in [6.07, 6.45) is 1.57. The Hall–Kier alpha value is -1.26. The smallest absolute Gasteiger partial charge is 0.314 e. The number of nitrogens with one attached hydrogen (secondary N) is 2. The number of carboxylic acids is 1. The molecular formula is C11H22N2O3. The molecular weight excluding hydrogens is 208 g/mol. The number of hydrogen-bond acceptors (Lipinski definition) is 2. The number of amides is 2. The van der Waals surface area contributed by atoms with Gasteiger partial charge in [0.15, 0.2) is 0 Å². The van der Waals surface area contributed by atoms with Crippen molar-refractivity contribution in [1.82, 2.24) is 10.6 Å². The summed E-state index contributed by atoms with van der Waals surface area (Å²) in [6, 6.07) is -0.170. The van der Waals surface area contributed by atoms with Crippen molar-refractivity contribution in [3.8, 4) is 0 Å². The minimum Gasteiger partial charge on any atom is -0.481 e. The molecule has 0 heterocycles. The Labute approximate surface area is 96.6 Å². The van der Waals surface area contributed by atoms with Crippen LogP contribution < -0.4 is 10.6 Å². The molecule has 0 spiro atoms. The van der Waals surface area contributed by atoms with Gasteiger partial charge in [0.25, 0.3) is 0 Å². The molecule has 0 aliphatic heterocycles. The van der Waals surface area contributed by atoms with Crippen molar-refractivity contribution in [3.05, 3.63) is 0 Å². The van der Waals surface area contributed by atoms with Crippen molar-refractivity contribution in [2.75, 3.05) is 13.1 Å². The van der Waals surface area contributed by atoms with Crippen LogP contribution in [0.2, 0.25) is 0 Å². The van der Waals surface area contributed by atoms with E-state index < -0.39 is 5.97 Å². The first-order valence-electron chi connectivity index (χ1n) is 5.61. The van der Waals surface area contributed by atoms with Crippen molar-refractivity contribution in [2.24, 2.45) is 5.41 Å². The van der Waals surface area contributed by atoms with Crippen molar-refractivity contribution in [3.63, 3.8) is 0 Å². The van der Waals surface area contributed by atoms with Gasteiger partial charge in [-0.15, -0.1) is 0 Å². The lowest BCUT2D eigenvalue weighted by molar-refractivity contribution is -0.137. The van der Waals surface area contributed by atoms with E-state index >= 15 is 0 Å². The van der Waals surface area contributed by atoms with Gasteiger partial charge in [-0.25, -0.2) is 4.79 Å². The third-order valence-corrected chi connectivity index (χ3v) is 2.44. The van der Waals surface area contributed by atoms with Gasteiger partial charge in [-0.05, 0) is 25.2 Å². The second-order valence-corrected chi connectivity index (χ2v) is 4.59. The highest BCUT2D eigenvalue weighted by Gasteiger charge is 2.18. The van der Waals surface area contributed by atoms with Gasteiger partial charge in [-0.2, -0.15) is 0 Å². The van der Waals surface area contributed by atoms with E-state index in [4.69, 9.17) is 5.11 Å². The van der Waals surface area contributed by atoms with Crippen molar-refractivity contribution in [1.29, 1.82) is 0 Å². The minimum absolute atomic E-state index is 0.0577. The summed E-state index contributed by atoms with van der Waals surface area (Å²) >= 11 is 0. The molecule has 0 unspecified atom stereocenters. The van der Waals surface area contributed by atoms with Crippen molar-refractivity contribution >= 4 is 12.0 Å². The maximum absolute atomic E-state index is 11.1. The van der Waals surface area contributed by atoms with Crippen molar-refractivity contribution in [2.45, 2.75) is 40.0 Å². The molecule has 0 radical (unpaired) electrons. The third-order valence-electron chi connectivity index (χ3n) is 2.44. The zero-order valence-electron chi connectivity index (χ0n) is 10.3. The molecule has 0 aromatic rings. The third kappa shape index (κ3) is 8.08. The van der Waals surface area contributed by atoms with Gasteiger partial charge in [0.2, 0.25) is 0 Å². The number of carbonyl (C=O) groups excluding carboxylic acids is 1. The van der Waals surface area contributed by atoms with E-state index in [2.05, 4.69) is 10.6 Å². The summed E-state index contributed by atoms with van der Waals surface area (Å²) in [6.45, 7) is 7.05. The number of carboxylic acid groups (broad SMARTS) is 1. The van der Waals surface area contributed by atoms with E-state index in [1.54, 1.807) is 0 Å². The molecule has 0 aliphatic carbocycles. The summed E-state index contributed by atoms with van der Waals surface area (Å²) in [7, 11) is 0. The molecule has 94 valence electrons. The van der Waals surface area contributed by atoms with Crippen LogP contribution in [0.5, 0.6) is 0 Å². The average Bonchev–Trinajstić information content (AvgIpc) is 2.15. The van der Waals surface area contributed by atoms with Crippen LogP contribution in [-0.4, -0.2) is 30.2 Å². The highest BCUT2D eigenvalue weighted by molar-refractivity contribution is 5.73. The standard InChI is InChI=1S/C11H22N2O3/c1-4-12-10(16)13-8-7-11(2,3)6-5-9(14)15/h4-8H2,1-3H3,(H,14,15)(H2,12,13,16). The van der Waals surface area contributed by atoms with Crippen LogP contribution in [0.15, 0.2) is 0 Å². The molecule has 0 bridgehead atoms. The van der Waals surface area contributed by atoms with Crippen LogP contribution in [-0.2, 0) is 4.79 Å². The molecule has 0 saturated carbocycles. The second kappa shape index (κ2) is 7.09. The maximum atomic E-state index is 11.1. The molecule has 0 atom stereocenters. The van der Waals surface area contributed by atoms with E-state index in [9.17, 15) is 9.59 Å². The largest absolute Gasteiger partial charge is 0.481 e. The summed E-state index contributed by atoms with van der Waals surface area (Å²) in [5, 5.41) is 13.9. The first kappa shape index (κ1) is 14.7. The number of hydrogen-bond donors (Lipinski definition) is 3. The lowest BCUT2D eigenvalue weighted by atomic mass is 9.84. The Morgan fingerprint density at radius 1 is 1.19 bits per heavy atom. The molecule has 0 aromatic carbocycles. The van der Waals surface area contributed by atoms with Crippen LogP contribution in [0.3, 0.4) is 0 Å². The first-order chi connectivity index (χ1) is 7.37. The lowest BCUT2D eigenvalue weighted by Gasteiger charge is -2.23. The number of rotatable bonds is 7. The fourth-order valence-corrected chi connectivity index (χ4v) is 1.31. The van der Waals surface area contributed by atoms with E-state index in [1.807, 2.05) is 20.8 Å². The van der Waals surface area contributed by atoms with Gasteiger partial charge < -0.3 is 15.7 Å². The summed E-state index contributed by atoms with van der Waals surface area (Å²) in [4.78, 5) is 21.5. The fourth-order valence-electron chi connectivity index (χ4n) is 1.31. The van der Waals surface area contributed by atoms with Gasteiger partial charge in [-0.3, -0.25) is 4.79 Å². The minimum atomic E-state index is -0.773. The summed E-state index contributed by atoms with van der Waals surface area (Å²) in [5.41, 5.74) is -0.0577. The highest BCUT2D eigenvalue weighted by atomic mass is 16.4. The Bertz CT molecular complexity index is 239. The van der Waals surface area contributed by atoms with Crippen LogP contribution >= 0.6 is 0 Å². The number of carbonyl (C=O) groups is 2. The number of urea groups is 1. The number of aliphatic carboxylic acids is 1. The lowest BCUT2D eigenvalue weighted by Crippen LogP contribution is -2.37. The average molecular weight is 230 g/mol. The molecule has 0 aliphatic rings. The molecule has 0 aromatic heterocycles. The Morgan fingerprint density at radius 3 is 2.31 bits per heavy atom. The van der Waals surface area contributed by atoms with E-state index in [1.165, 1.54) is 0 Å². The van der Waals surface area contributed by atoms with E-state index in [-0.39, 0.29) is 17.9 Å². The summed E-state index contributed by atoms with van der Waals surface area (Å²) in [5.74, 6) is -0.773. The van der Waals surface area contributed by atoms with Gasteiger partial charge in [0.05, 0.1) is 0 Å². The topological polar surface area (TPSA) is 78.4 Å². The molecule has 16 heavy (non-hydrogen) atoms. The van der Waals surface area contributed by atoms with Crippen molar-refractivity contribution < 1.29 is 14.7 Å². The normalized spacial score (nSPS) is 10.9. The van der Waals surface area contributed by atoms with Crippen LogP contribution in [0.1, 0.15) is 40.0 Å². The Balaban J connectivity index is 3.72. The monoisotopic (exact) mass is 230 g/mol. The highest BCUT2D eigenvalue weighted by Crippen LogP contribution is 2.25.